The minimum atomic E-state index is 0.909. The van der Waals surface area contributed by atoms with Crippen molar-refractivity contribution in [2.24, 2.45) is 17.8 Å². The largest absolute Gasteiger partial charge is 0.297 e. The Hall–Kier alpha value is -0.0400. The molecule has 0 radical (unpaired) electrons. The molecule has 1 aliphatic rings. The van der Waals surface area contributed by atoms with Gasteiger partial charge in [-0.3, -0.25) is 4.90 Å². The SMILES string of the molecule is CCCCC(CC)CCN1CC1C(CCC)C(C)CC. The van der Waals surface area contributed by atoms with Crippen molar-refractivity contribution in [2.45, 2.75) is 92.0 Å². The molecular formula is C19H39N. The van der Waals surface area contributed by atoms with Crippen molar-refractivity contribution in [3.63, 3.8) is 0 Å². The van der Waals surface area contributed by atoms with E-state index in [1.165, 1.54) is 64.5 Å². The summed E-state index contributed by atoms with van der Waals surface area (Å²) >= 11 is 0. The van der Waals surface area contributed by atoms with Crippen molar-refractivity contribution in [1.29, 1.82) is 0 Å². The van der Waals surface area contributed by atoms with Crippen LogP contribution < -0.4 is 0 Å². The smallest absolute Gasteiger partial charge is 0.0254 e. The summed E-state index contributed by atoms with van der Waals surface area (Å²) in [6.07, 6.45) is 11.2. The fourth-order valence-electron chi connectivity index (χ4n) is 3.74. The molecule has 20 heavy (non-hydrogen) atoms. The molecule has 1 heterocycles. The highest BCUT2D eigenvalue weighted by molar-refractivity contribution is 4.95. The van der Waals surface area contributed by atoms with Gasteiger partial charge in [0.15, 0.2) is 0 Å². The van der Waals surface area contributed by atoms with Gasteiger partial charge in [0.1, 0.15) is 0 Å². The molecule has 1 aliphatic heterocycles. The molecule has 0 aliphatic carbocycles. The minimum Gasteiger partial charge on any atom is -0.297 e. The summed E-state index contributed by atoms with van der Waals surface area (Å²) in [6, 6.07) is 0.925. The maximum atomic E-state index is 2.76. The van der Waals surface area contributed by atoms with Gasteiger partial charge in [-0.15, -0.1) is 0 Å². The van der Waals surface area contributed by atoms with Crippen molar-refractivity contribution < 1.29 is 0 Å². The molecule has 1 rings (SSSR count). The van der Waals surface area contributed by atoms with Crippen LogP contribution in [0.25, 0.3) is 0 Å². The van der Waals surface area contributed by atoms with E-state index in [1.54, 1.807) is 0 Å². The third kappa shape index (κ3) is 5.76. The zero-order valence-corrected chi connectivity index (χ0v) is 14.8. The van der Waals surface area contributed by atoms with E-state index < -0.39 is 0 Å². The topological polar surface area (TPSA) is 3.01 Å². The molecule has 5 atom stereocenters. The van der Waals surface area contributed by atoms with Crippen LogP contribution in [0.4, 0.5) is 0 Å². The van der Waals surface area contributed by atoms with E-state index in [0.29, 0.717) is 0 Å². The molecular weight excluding hydrogens is 242 g/mol. The van der Waals surface area contributed by atoms with Crippen LogP contribution in [-0.2, 0) is 0 Å². The Kier molecular flexibility index (Phi) is 8.84. The van der Waals surface area contributed by atoms with Gasteiger partial charge in [0.2, 0.25) is 0 Å². The molecule has 120 valence electrons. The summed E-state index contributed by atoms with van der Waals surface area (Å²) in [5.74, 6) is 2.84. The summed E-state index contributed by atoms with van der Waals surface area (Å²) in [7, 11) is 0. The van der Waals surface area contributed by atoms with Gasteiger partial charge >= 0.3 is 0 Å². The van der Waals surface area contributed by atoms with E-state index in [2.05, 4.69) is 39.5 Å². The van der Waals surface area contributed by atoms with E-state index >= 15 is 0 Å². The van der Waals surface area contributed by atoms with Crippen molar-refractivity contribution in [2.75, 3.05) is 13.1 Å². The Morgan fingerprint density at radius 1 is 0.950 bits per heavy atom. The van der Waals surface area contributed by atoms with Crippen LogP contribution in [0.1, 0.15) is 86.0 Å². The van der Waals surface area contributed by atoms with Crippen LogP contribution in [0, 0.1) is 17.8 Å². The number of nitrogens with zero attached hydrogens (tertiary/aromatic N) is 1. The Labute approximate surface area is 128 Å². The van der Waals surface area contributed by atoms with Crippen molar-refractivity contribution in [3.8, 4) is 0 Å². The first kappa shape index (κ1) is 18.0. The van der Waals surface area contributed by atoms with Crippen LogP contribution in [0.2, 0.25) is 0 Å². The average molecular weight is 282 g/mol. The first-order chi connectivity index (χ1) is 9.67. The van der Waals surface area contributed by atoms with E-state index in [4.69, 9.17) is 0 Å². The van der Waals surface area contributed by atoms with Crippen LogP contribution in [0.3, 0.4) is 0 Å². The summed E-state index contributed by atoms with van der Waals surface area (Å²) in [5.41, 5.74) is 0. The van der Waals surface area contributed by atoms with Gasteiger partial charge in [0.25, 0.3) is 0 Å². The lowest BCUT2D eigenvalue weighted by Crippen LogP contribution is -2.21. The molecule has 0 saturated carbocycles. The van der Waals surface area contributed by atoms with E-state index in [1.807, 2.05) is 0 Å². The third-order valence-electron chi connectivity index (χ3n) is 5.62. The summed E-state index contributed by atoms with van der Waals surface area (Å²) in [5, 5.41) is 0. The van der Waals surface area contributed by atoms with Gasteiger partial charge in [-0.2, -0.15) is 0 Å². The fraction of sp³-hybridized carbons (Fsp3) is 1.00. The van der Waals surface area contributed by atoms with Crippen molar-refractivity contribution >= 4 is 0 Å². The summed E-state index contributed by atoms with van der Waals surface area (Å²) in [4.78, 5) is 2.76. The fourth-order valence-corrected chi connectivity index (χ4v) is 3.74. The van der Waals surface area contributed by atoms with Crippen molar-refractivity contribution in [3.05, 3.63) is 0 Å². The lowest BCUT2D eigenvalue weighted by molar-refractivity contribution is 0.271. The van der Waals surface area contributed by atoms with Gasteiger partial charge in [-0.1, -0.05) is 73.1 Å². The molecule has 1 heteroatoms. The number of unbranched alkanes of at least 4 members (excludes halogenated alkanes) is 1. The van der Waals surface area contributed by atoms with Crippen LogP contribution in [0.5, 0.6) is 0 Å². The molecule has 1 saturated heterocycles. The van der Waals surface area contributed by atoms with Crippen LogP contribution in [0.15, 0.2) is 0 Å². The Balaban J connectivity index is 2.29. The first-order valence-corrected chi connectivity index (χ1v) is 9.41. The highest BCUT2D eigenvalue weighted by Gasteiger charge is 2.41. The minimum absolute atomic E-state index is 0.909. The van der Waals surface area contributed by atoms with Crippen molar-refractivity contribution in [1.82, 2.24) is 4.90 Å². The zero-order chi connectivity index (χ0) is 15.0. The van der Waals surface area contributed by atoms with Crippen LogP contribution >= 0.6 is 0 Å². The van der Waals surface area contributed by atoms with Crippen LogP contribution in [-0.4, -0.2) is 24.0 Å². The number of rotatable bonds is 12. The molecule has 0 spiro atoms. The van der Waals surface area contributed by atoms with Gasteiger partial charge in [-0.05, 0) is 37.1 Å². The molecule has 0 amide bonds. The molecule has 5 unspecified atom stereocenters. The lowest BCUT2D eigenvalue weighted by atomic mass is 9.85. The second-order valence-corrected chi connectivity index (χ2v) is 7.11. The Morgan fingerprint density at radius 2 is 1.70 bits per heavy atom. The molecule has 0 aromatic carbocycles. The van der Waals surface area contributed by atoms with E-state index in [-0.39, 0.29) is 0 Å². The molecule has 1 fully saturated rings. The Morgan fingerprint density at radius 3 is 2.25 bits per heavy atom. The number of hydrogen-bond acceptors (Lipinski definition) is 1. The monoisotopic (exact) mass is 281 g/mol. The molecule has 0 N–H and O–H groups in total. The molecule has 1 nitrogen and oxygen atoms in total. The predicted molar refractivity (Wildman–Crippen MR) is 91.1 cm³/mol. The van der Waals surface area contributed by atoms with E-state index in [0.717, 1.165) is 23.8 Å². The quantitative estimate of drug-likeness (QED) is 0.412. The highest BCUT2D eigenvalue weighted by Crippen LogP contribution is 2.36. The third-order valence-corrected chi connectivity index (χ3v) is 5.62. The highest BCUT2D eigenvalue weighted by atomic mass is 15.3. The standard InChI is InChI=1S/C19H39N/c1-6-10-12-17(9-4)13-14-20-15-19(20)18(11-7-2)16(5)8-3/h16-19H,6-15H2,1-5H3. The first-order valence-electron chi connectivity index (χ1n) is 9.41. The maximum Gasteiger partial charge on any atom is 0.0254 e. The van der Waals surface area contributed by atoms with E-state index in [9.17, 15) is 0 Å². The molecule has 0 aromatic heterocycles. The lowest BCUT2D eigenvalue weighted by Gasteiger charge is -2.23. The van der Waals surface area contributed by atoms with Gasteiger partial charge in [0, 0.05) is 12.6 Å². The zero-order valence-electron chi connectivity index (χ0n) is 14.8. The van der Waals surface area contributed by atoms with Gasteiger partial charge in [-0.25, -0.2) is 0 Å². The normalized spacial score (nSPS) is 26.2. The second kappa shape index (κ2) is 9.82. The predicted octanol–water partition coefficient (Wildman–Crippen LogP) is 5.74. The van der Waals surface area contributed by atoms with Gasteiger partial charge < -0.3 is 0 Å². The number of hydrogen-bond donors (Lipinski definition) is 0. The maximum absolute atomic E-state index is 2.76. The summed E-state index contributed by atoms with van der Waals surface area (Å²) in [6.45, 7) is 14.6. The second-order valence-electron chi connectivity index (χ2n) is 7.11. The average Bonchev–Trinajstić information content (AvgIpc) is 3.23. The molecule has 0 bridgehead atoms. The summed E-state index contributed by atoms with van der Waals surface area (Å²) < 4.78 is 0. The Bertz CT molecular complexity index is 238. The van der Waals surface area contributed by atoms with Gasteiger partial charge in [0.05, 0.1) is 0 Å². The molecule has 0 aromatic rings.